The summed E-state index contributed by atoms with van der Waals surface area (Å²) in [5, 5.41) is 2.31. The molecule has 9 heteroatoms. The van der Waals surface area contributed by atoms with Crippen LogP contribution in [0.5, 0.6) is 0 Å². The third-order valence-corrected chi connectivity index (χ3v) is 6.58. The first-order valence-corrected chi connectivity index (χ1v) is 10.1. The zero-order valence-corrected chi connectivity index (χ0v) is 16.2. The lowest BCUT2D eigenvalue weighted by atomic mass is 10.2. The fraction of sp³-hybridized carbons (Fsp3) is 0.278. The number of halogens is 2. The van der Waals surface area contributed by atoms with Crippen LogP contribution in [-0.4, -0.2) is 56.8 Å². The maximum absolute atomic E-state index is 14.0. The fourth-order valence-corrected chi connectivity index (χ4v) is 4.41. The Hall–Kier alpha value is -2.00. The average Bonchev–Trinajstić information content (AvgIpc) is 2.66. The minimum Gasteiger partial charge on any atom is -0.319 e. The maximum Gasteiger partial charge on any atom is 0.255 e. The lowest BCUT2D eigenvalue weighted by molar-refractivity contribution is 0.102. The molecule has 0 saturated carbocycles. The number of benzene rings is 2. The number of rotatable bonds is 4. The molecule has 1 N–H and O–H groups in total. The number of hydrogen-bond donors (Lipinski definition) is 1. The summed E-state index contributed by atoms with van der Waals surface area (Å²) in [6.45, 7) is 2.08. The molecule has 6 nitrogen and oxygen atoms in total. The molecule has 0 bridgehead atoms. The van der Waals surface area contributed by atoms with Gasteiger partial charge < -0.3 is 10.2 Å². The molecule has 1 aliphatic rings. The highest BCUT2D eigenvalue weighted by atomic mass is 35.5. The van der Waals surface area contributed by atoms with Gasteiger partial charge in [-0.2, -0.15) is 4.31 Å². The molecule has 27 heavy (non-hydrogen) atoms. The van der Waals surface area contributed by atoms with Gasteiger partial charge in [0, 0.05) is 31.7 Å². The van der Waals surface area contributed by atoms with Crippen LogP contribution in [-0.2, 0) is 10.0 Å². The maximum atomic E-state index is 14.0. The zero-order chi connectivity index (χ0) is 19.6. The number of nitrogens with zero attached hydrogens (tertiary/aromatic N) is 2. The van der Waals surface area contributed by atoms with Gasteiger partial charge in [-0.05, 0) is 37.4 Å². The van der Waals surface area contributed by atoms with E-state index in [1.807, 2.05) is 7.05 Å². The summed E-state index contributed by atoms with van der Waals surface area (Å²) in [6.07, 6.45) is 0. The van der Waals surface area contributed by atoms with Crippen molar-refractivity contribution in [3.05, 3.63) is 58.9 Å². The fourth-order valence-electron chi connectivity index (χ4n) is 2.77. The molecule has 0 radical (unpaired) electrons. The number of likely N-dealkylation sites (N-methyl/N-ethyl adjacent to an activating group) is 1. The van der Waals surface area contributed by atoms with Crippen molar-refractivity contribution in [1.82, 2.24) is 9.21 Å². The number of anilines is 1. The van der Waals surface area contributed by atoms with Crippen LogP contribution < -0.4 is 5.32 Å². The Balaban J connectivity index is 1.82. The normalized spacial score (nSPS) is 16.3. The van der Waals surface area contributed by atoms with Crippen LogP contribution in [0.25, 0.3) is 0 Å². The summed E-state index contributed by atoms with van der Waals surface area (Å²) < 4.78 is 41.0. The Morgan fingerprint density at radius 3 is 2.48 bits per heavy atom. The second kappa shape index (κ2) is 7.93. The van der Waals surface area contributed by atoms with E-state index in [0.29, 0.717) is 26.2 Å². The number of carbonyl (C=O) groups excluding carboxylic acids is 1. The molecule has 1 saturated heterocycles. The summed E-state index contributed by atoms with van der Waals surface area (Å²) in [4.78, 5) is 14.5. The van der Waals surface area contributed by atoms with E-state index in [4.69, 9.17) is 11.6 Å². The van der Waals surface area contributed by atoms with Crippen LogP contribution in [0.15, 0.2) is 47.4 Å². The Bertz CT molecular complexity index is 960. The van der Waals surface area contributed by atoms with E-state index >= 15 is 0 Å². The number of piperazine rings is 1. The van der Waals surface area contributed by atoms with E-state index in [2.05, 4.69) is 10.2 Å². The summed E-state index contributed by atoms with van der Waals surface area (Å²) in [5.74, 6) is -1.36. The minimum absolute atomic E-state index is 0.0336. The summed E-state index contributed by atoms with van der Waals surface area (Å²) >= 11 is 5.71. The van der Waals surface area contributed by atoms with Crippen molar-refractivity contribution in [3.63, 3.8) is 0 Å². The predicted molar refractivity (Wildman–Crippen MR) is 102 cm³/mol. The van der Waals surface area contributed by atoms with Gasteiger partial charge in [-0.3, -0.25) is 4.79 Å². The van der Waals surface area contributed by atoms with Gasteiger partial charge in [0.1, 0.15) is 0 Å². The second-order valence-electron chi connectivity index (χ2n) is 6.29. The highest BCUT2D eigenvalue weighted by Gasteiger charge is 2.28. The Labute approximate surface area is 162 Å². The Morgan fingerprint density at radius 2 is 1.78 bits per heavy atom. The van der Waals surface area contributed by atoms with Crippen molar-refractivity contribution in [1.29, 1.82) is 0 Å². The van der Waals surface area contributed by atoms with Crippen LogP contribution >= 0.6 is 11.6 Å². The molecule has 0 aromatic heterocycles. The van der Waals surface area contributed by atoms with Gasteiger partial charge in [0.05, 0.1) is 15.6 Å². The summed E-state index contributed by atoms with van der Waals surface area (Å²) in [5.41, 5.74) is 0.0457. The largest absolute Gasteiger partial charge is 0.319 e. The summed E-state index contributed by atoms with van der Waals surface area (Å²) in [6, 6.07) is 9.97. The number of hydrogen-bond acceptors (Lipinski definition) is 4. The standard InChI is InChI=1S/C18H19ClFN3O3S/c1-22-8-10-23(11-9-22)27(25,26)14-5-2-4-13(12-14)18(24)21-16-7-3-6-15(19)17(16)20/h2-7,12H,8-11H2,1H3,(H,21,24). The van der Waals surface area contributed by atoms with Crippen LogP contribution in [0.1, 0.15) is 10.4 Å². The summed E-state index contributed by atoms with van der Waals surface area (Å²) in [7, 11) is -1.76. The Morgan fingerprint density at radius 1 is 1.11 bits per heavy atom. The molecule has 1 amide bonds. The molecule has 1 aliphatic heterocycles. The highest BCUT2D eigenvalue weighted by Crippen LogP contribution is 2.23. The number of nitrogens with one attached hydrogen (secondary N) is 1. The molecule has 0 unspecified atom stereocenters. The van der Waals surface area contributed by atoms with Crippen LogP contribution in [0.2, 0.25) is 5.02 Å². The van der Waals surface area contributed by atoms with Gasteiger partial charge in [-0.25, -0.2) is 12.8 Å². The zero-order valence-electron chi connectivity index (χ0n) is 14.7. The van der Waals surface area contributed by atoms with Crippen molar-refractivity contribution in [2.75, 3.05) is 38.5 Å². The smallest absolute Gasteiger partial charge is 0.255 e. The first-order valence-electron chi connectivity index (χ1n) is 8.33. The molecule has 1 heterocycles. The SMILES string of the molecule is CN1CCN(S(=O)(=O)c2cccc(C(=O)Nc3cccc(Cl)c3F)c2)CC1. The van der Waals surface area contributed by atoms with E-state index in [1.54, 1.807) is 0 Å². The molecular weight excluding hydrogens is 393 g/mol. The van der Waals surface area contributed by atoms with E-state index in [1.165, 1.54) is 46.8 Å². The number of amides is 1. The van der Waals surface area contributed by atoms with Gasteiger partial charge in [-0.1, -0.05) is 23.7 Å². The Kier molecular flexibility index (Phi) is 5.81. The minimum atomic E-state index is -3.70. The van der Waals surface area contributed by atoms with E-state index < -0.39 is 21.7 Å². The van der Waals surface area contributed by atoms with Crippen molar-refractivity contribution < 1.29 is 17.6 Å². The molecule has 0 spiro atoms. The average molecular weight is 412 g/mol. The number of carbonyl (C=O) groups is 1. The lowest BCUT2D eigenvalue weighted by Crippen LogP contribution is -2.47. The van der Waals surface area contributed by atoms with Crippen molar-refractivity contribution >= 4 is 33.2 Å². The third-order valence-electron chi connectivity index (χ3n) is 4.40. The molecule has 3 rings (SSSR count). The predicted octanol–water partition coefficient (Wildman–Crippen LogP) is 2.67. The van der Waals surface area contributed by atoms with Crippen LogP contribution in [0.3, 0.4) is 0 Å². The van der Waals surface area contributed by atoms with Gasteiger partial charge in [0.25, 0.3) is 5.91 Å². The van der Waals surface area contributed by atoms with Crippen molar-refractivity contribution in [3.8, 4) is 0 Å². The highest BCUT2D eigenvalue weighted by molar-refractivity contribution is 7.89. The lowest BCUT2D eigenvalue weighted by Gasteiger charge is -2.31. The monoisotopic (exact) mass is 411 g/mol. The molecule has 0 aliphatic carbocycles. The first kappa shape index (κ1) is 19.8. The topological polar surface area (TPSA) is 69.7 Å². The van der Waals surface area contributed by atoms with Gasteiger partial charge in [0.2, 0.25) is 10.0 Å². The molecule has 2 aromatic rings. The molecular formula is C18H19ClFN3O3S. The quantitative estimate of drug-likeness (QED) is 0.839. The molecule has 144 valence electrons. The van der Waals surface area contributed by atoms with Gasteiger partial charge in [-0.15, -0.1) is 0 Å². The second-order valence-corrected chi connectivity index (χ2v) is 8.64. The third kappa shape index (κ3) is 4.30. The number of sulfonamides is 1. The first-order chi connectivity index (χ1) is 12.8. The van der Waals surface area contributed by atoms with E-state index in [9.17, 15) is 17.6 Å². The van der Waals surface area contributed by atoms with Crippen LogP contribution in [0, 0.1) is 5.82 Å². The van der Waals surface area contributed by atoms with Crippen molar-refractivity contribution in [2.45, 2.75) is 4.90 Å². The van der Waals surface area contributed by atoms with Crippen LogP contribution in [0.4, 0.5) is 10.1 Å². The molecule has 1 fully saturated rings. The van der Waals surface area contributed by atoms with Crippen molar-refractivity contribution in [2.24, 2.45) is 0 Å². The van der Waals surface area contributed by atoms with E-state index in [0.717, 1.165) is 0 Å². The molecule has 0 atom stereocenters. The van der Waals surface area contributed by atoms with Gasteiger partial charge in [0.15, 0.2) is 5.82 Å². The van der Waals surface area contributed by atoms with Gasteiger partial charge >= 0.3 is 0 Å². The molecule has 2 aromatic carbocycles. The van der Waals surface area contributed by atoms with E-state index in [-0.39, 0.29) is 21.2 Å².